The van der Waals surface area contributed by atoms with Crippen LogP contribution in [0, 0.1) is 0 Å². The van der Waals surface area contributed by atoms with E-state index in [1.54, 1.807) is 30.3 Å². The van der Waals surface area contributed by atoms with Gasteiger partial charge in [-0.25, -0.2) is 4.79 Å². The molecule has 3 rings (SSSR count). The normalized spacial score (nSPS) is 10.8. The quantitative estimate of drug-likeness (QED) is 0.721. The molecule has 0 saturated heterocycles. The smallest absolute Gasteiger partial charge is 0.348 e. The third-order valence-corrected chi connectivity index (χ3v) is 3.55. The number of rotatable bonds is 2. The van der Waals surface area contributed by atoms with Gasteiger partial charge in [-0.05, 0) is 36.4 Å². The molecule has 7 heteroatoms. The Labute approximate surface area is 134 Å². The van der Waals surface area contributed by atoms with Crippen LogP contribution in [0.1, 0.15) is 0 Å². The van der Waals surface area contributed by atoms with Gasteiger partial charge in [0.1, 0.15) is 0 Å². The molecule has 0 aliphatic carbocycles. The second-order valence-corrected chi connectivity index (χ2v) is 5.50. The van der Waals surface area contributed by atoms with Crippen molar-refractivity contribution in [2.75, 3.05) is 5.32 Å². The molecule has 0 radical (unpaired) electrons. The van der Waals surface area contributed by atoms with Crippen LogP contribution in [0.4, 0.5) is 11.7 Å². The van der Waals surface area contributed by atoms with Crippen LogP contribution in [0.5, 0.6) is 0 Å². The van der Waals surface area contributed by atoms with Crippen LogP contribution in [-0.4, -0.2) is 4.98 Å². The lowest BCUT2D eigenvalue weighted by atomic mass is 10.2. The van der Waals surface area contributed by atoms with Crippen LogP contribution in [0.25, 0.3) is 10.9 Å². The highest BCUT2D eigenvalue weighted by molar-refractivity contribution is 6.36. The number of anilines is 2. The number of hydrogen-bond donors (Lipinski definition) is 1. The summed E-state index contributed by atoms with van der Waals surface area (Å²) < 4.78 is 5.11. The highest BCUT2D eigenvalue weighted by Gasteiger charge is 2.09. The molecule has 0 unspecified atom stereocenters. The zero-order valence-electron chi connectivity index (χ0n) is 10.4. The fraction of sp³-hybridized carbons (Fsp3) is 0. The maximum atomic E-state index is 11.9. The highest BCUT2D eigenvalue weighted by Crippen LogP contribution is 2.28. The summed E-state index contributed by atoms with van der Waals surface area (Å²) in [7, 11) is 0. The fourth-order valence-corrected chi connectivity index (χ4v) is 2.43. The summed E-state index contributed by atoms with van der Waals surface area (Å²) in [5, 5.41) is 4.50. The van der Waals surface area contributed by atoms with Gasteiger partial charge >= 0.3 is 11.6 Å². The first kappa shape index (κ1) is 14.2. The summed E-state index contributed by atoms with van der Waals surface area (Å²) >= 11 is 17.7. The topological polar surface area (TPSA) is 55.1 Å². The molecule has 0 amide bonds. The van der Waals surface area contributed by atoms with E-state index in [0.29, 0.717) is 31.7 Å². The van der Waals surface area contributed by atoms with E-state index in [9.17, 15) is 4.79 Å². The molecular weight excluding hydrogens is 335 g/mol. The summed E-state index contributed by atoms with van der Waals surface area (Å²) in [6.07, 6.45) is 0. The maximum absolute atomic E-state index is 11.9. The van der Waals surface area contributed by atoms with Gasteiger partial charge in [0.15, 0.2) is 0 Å². The van der Waals surface area contributed by atoms with Crippen molar-refractivity contribution in [2.45, 2.75) is 0 Å². The van der Waals surface area contributed by atoms with E-state index in [4.69, 9.17) is 39.2 Å². The van der Waals surface area contributed by atoms with Crippen molar-refractivity contribution in [3.8, 4) is 0 Å². The van der Waals surface area contributed by atoms with Crippen molar-refractivity contribution in [3.63, 3.8) is 0 Å². The van der Waals surface area contributed by atoms with Gasteiger partial charge in [0, 0.05) is 10.0 Å². The van der Waals surface area contributed by atoms with E-state index >= 15 is 0 Å². The van der Waals surface area contributed by atoms with Gasteiger partial charge in [0.2, 0.25) is 0 Å². The van der Waals surface area contributed by atoms with E-state index in [2.05, 4.69) is 10.3 Å². The van der Waals surface area contributed by atoms with Crippen molar-refractivity contribution in [2.24, 2.45) is 0 Å². The lowest BCUT2D eigenvalue weighted by Gasteiger charge is -2.07. The largest absolute Gasteiger partial charge is 0.388 e. The van der Waals surface area contributed by atoms with Crippen LogP contribution in [0.3, 0.4) is 0 Å². The van der Waals surface area contributed by atoms with Gasteiger partial charge in [0.25, 0.3) is 0 Å². The predicted octanol–water partition coefficient (Wildman–Crippen LogP) is 4.89. The Morgan fingerprint density at radius 3 is 2.48 bits per heavy atom. The van der Waals surface area contributed by atoms with E-state index < -0.39 is 5.63 Å². The molecule has 0 spiro atoms. The molecule has 1 N–H and O–H groups in total. The minimum atomic E-state index is -0.532. The zero-order chi connectivity index (χ0) is 15.0. The minimum absolute atomic E-state index is 0.0408. The number of nitrogens with one attached hydrogen (secondary N) is 1. The van der Waals surface area contributed by atoms with E-state index in [0.717, 1.165) is 0 Å². The van der Waals surface area contributed by atoms with Crippen molar-refractivity contribution in [1.82, 2.24) is 4.98 Å². The van der Waals surface area contributed by atoms with Crippen LogP contribution < -0.4 is 10.9 Å². The standard InChI is InChI=1S/C14H7Cl3N2O2/c15-7-1-3-11-9(5-7)13(20)21-14(18-11)19-12-4-2-8(16)6-10(12)17/h1-6H,(H,18,19). The molecule has 0 bridgehead atoms. The lowest BCUT2D eigenvalue weighted by molar-refractivity contribution is 0.522. The summed E-state index contributed by atoms with van der Waals surface area (Å²) in [4.78, 5) is 16.1. The first-order valence-electron chi connectivity index (χ1n) is 5.85. The van der Waals surface area contributed by atoms with E-state index in [1.807, 2.05) is 0 Å². The molecule has 4 nitrogen and oxygen atoms in total. The third-order valence-electron chi connectivity index (χ3n) is 2.76. The summed E-state index contributed by atoms with van der Waals surface area (Å²) in [6.45, 7) is 0. The van der Waals surface area contributed by atoms with Gasteiger partial charge in [-0.2, -0.15) is 4.98 Å². The van der Waals surface area contributed by atoms with Gasteiger partial charge in [-0.1, -0.05) is 34.8 Å². The molecule has 0 fully saturated rings. The number of benzene rings is 2. The highest BCUT2D eigenvalue weighted by atomic mass is 35.5. The number of hydrogen-bond acceptors (Lipinski definition) is 4. The fourth-order valence-electron chi connectivity index (χ4n) is 1.80. The van der Waals surface area contributed by atoms with Gasteiger partial charge < -0.3 is 9.73 Å². The second kappa shape index (κ2) is 5.56. The van der Waals surface area contributed by atoms with Crippen LogP contribution >= 0.6 is 34.8 Å². The average molecular weight is 342 g/mol. The molecule has 3 aromatic rings. The Morgan fingerprint density at radius 1 is 1.00 bits per heavy atom. The van der Waals surface area contributed by atoms with Crippen LogP contribution in [-0.2, 0) is 0 Å². The van der Waals surface area contributed by atoms with Crippen molar-refractivity contribution in [3.05, 3.63) is 61.9 Å². The molecule has 1 heterocycles. The predicted molar refractivity (Wildman–Crippen MR) is 85.0 cm³/mol. The van der Waals surface area contributed by atoms with Crippen LogP contribution in [0.2, 0.25) is 15.1 Å². The first-order chi connectivity index (χ1) is 10.0. The summed E-state index contributed by atoms with van der Waals surface area (Å²) in [5.74, 6) is 0. The summed E-state index contributed by atoms with van der Waals surface area (Å²) in [5.41, 5.74) is 0.475. The minimum Gasteiger partial charge on any atom is -0.388 e. The molecular formula is C14H7Cl3N2O2. The molecule has 1 aromatic heterocycles. The molecule has 2 aromatic carbocycles. The monoisotopic (exact) mass is 340 g/mol. The Kier molecular flexibility index (Phi) is 3.76. The number of aromatic nitrogens is 1. The Balaban J connectivity index is 2.05. The second-order valence-electron chi connectivity index (χ2n) is 4.22. The van der Waals surface area contributed by atoms with E-state index in [1.165, 1.54) is 6.07 Å². The lowest BCUT2D eigenvalue weighted by Crippen LogP contribution is -2.05. The van der Waals surface area contributed by atoms with Crippen LogP contribution in [0.15, 0.2) is 45.6 Å². The Hall–Kier alpha value is -1.75. The molecule has 0 aliphatic rings. The Bertz CT molecular complexity index is 893. The third kappa shape index (κ3) is 2.97. The average Bonchev–Trinajstić information content (AvgIpc) is 2.43. The molecule has 0 atom stereocenters. The molecule has 21 heavy (non-hydrogen) atoms. The SMILES string of the molecule is O=c1oc(Nc2ccc(Cl)cc2Cl)nc2ccc(Cl)cc12. The molecule has 106 valence electrons. The number of nitrogens with zero attached hydrogens (tertiary/aromatic N) is 1. The maximum Gasteiger partial charge on any atom is 0.348 e. The Morgan fingerprint density at radius 2 is 1.71 bits per heavy atom. The van der Waals surface area contributed by atoms with Gasteiger partial charge in [0.05, 0.1) is 21.6 Å². The van der Waals surface area contributed by atoms with Crippen molar-refractivity contribution in [1.29, 1.82) is 0 Å². The number of halogens is 3. The zero-order valence-corrected chi connectivity index (χ0v) is 12.6. The molecule has 0 saturated carbocycles. The van der Waals surface area contributed by atoms with Gasteiger partial charge in [-0.3, -0.25) is 0 Å². The van der Waals surface area contributed by atoms with E-state index in [-0.39, 0.29) is 6.01 Å². The van der Waals surface area contributed by atoms with Crippen molar-refractivity contribution < 1.29 is 4.42 Å². The summed E-state index contributed by atoms with van der Waals surface area (Å²) in [6, 6.07) is 9.74. The number of fused-ring (bicyclic) bond motifs is 1. The van der Waals surface area contributed by atoms with Crippen molar-refractivity contribution >= 4 is 57.4 Å². The molecule has 0 aliphatic heterocycles. The van der Waals surface area contributed by atoms with Gasteiger partial charge in [-0.15, -0.1) is 0 Å². The first-order valence-corrected chi connectivity index (χ1v) is 6.99.